The lowest BCUT2D eigenvalue weighted by Gasteiger charge is -2.06. The number of carbonyl (C=O) groups excluding carboxylic acids is 1. The van der Waals surface area contributed by atoms with Crippen molar-refractivity contribution < 1.29 is 22.7 Å². The molecule has 1 aromatic rings. The van der Waals surface area contributed by atoms with Gasteiger partial charge in [0, 0.05) is 12.0 Å². The Bertz CT molecular complexity index is 522. The van der Waals surface area contributed by atoms with Gasteiger partial charge in [0.05, 0.1) is 18.8 Å². The molecule has 0 aromatic heterocycles. The Morgan fingerprint density at radius 2 is 1.80 bits per heavy atom. The van der Waals surface area contributed by atoms with Crippen molar-refractivity contribution >= 4 is 25.6 Å². The maximum atomic E-state index is 11.6. The molecule has 1 rings (SSSR count). The zero-order chi connectivity index (χ0) is 15.0. The highest BCUT2D eigenvalue weighted by Crippen LogP contribution is 2.08. The highest BCUT2D eigenvalue weighted by Gasteiger charge is 2.06. The number of aryl methyl sites for hydroxylation is 1. The maximum absolute atomic E-state index is 11.6. The van der Waals surface area contributed by atoms with Crippen molar-refractivity contribution in [2.45, 2.75) is 6.92 Å². The van der Waals surface area contributed by atoms with E-state index < -0.39 is 8.87 Å². The molecule has 0 saturated heterocycles. The highest BCUT2D eigenvalue weighted by molar-refractivity contribution is 8.71. The van der Waals surface area contributed by atoms with Crippen LogP contribution in [0.1, 0.15) is 15.9 Å². The molecule has 20 heavy (non-hydrogen) atoms. The Balaban J connectivity index is 2.12. The number of carbonyl (C=O) groups is 1. The average molecular weight is 318 g/mol. The van der Waals surface area contributed by atoms with Gasteiger partial charge in [-0.1, -0.05) is 17.7 Å². The largest absolute Gasteiger partial charge is 0.460 e. The summed E-state index contributed by atoms with van der Waals surface area (Å²) in [6.07, 6.45) is 1.15. The monoisotopic (exact) mass is 318 g/mol. The molecule has 7 heteroatoms. The Hall–Kier alpha value is -1.05. The van der Waals surface area contributed by atoms with E-state index in [4.69, 9.17) is 9.47 Å². The van der Waals surface area contributed by atoms with E-state index in [9.17, 15) is 13.2 Å². The fourth-order valence-electron chi connectivity index (χ4n) is 1.31. The molecule has 112 valence electrons. The van der Waals surface area contributed by atoms with E-state index in [1.807, 2.05) is 19.1 Å². The third-order valence-electron chi connectivity index (χ3n) is 2.27. The summed E-state index contributed by atoms with van der Waals surface area (Å²) >= 11 is 0. The van der Waals surface area contributed by atoms with Crippen molar-refractivity contribution in [3.63, 3.8) is 0 Å². The number of esters is 1. The smallest absolute Gasteiger partial charge is 0.338 e. The first-order valence-corrected chi connectivity index (χ1v) is 9.44. The molecular weight excluding hydrogens is 300 g/mol. The fraction of sp³-hybridized carbons (Fsp3) is 0.462. The summed E-state index contributed by atoms with van der Waals surface area (Å²) in [5.74, 6) is -0.0239. The van der Waals surface area contributed by atoms with Crippen molar-refractivity contribution in [2.75, 3.05) is 31.8 Å². The van der Waals surface area contributed by atoms with E-state index in [2.05, 4.69) is 0 Å². The number of ether oxygens (including phenoxy) is 2. The third kappa shape index (κ3) is 7.52. The average Bonchev–Trinajstić information content (AvgIpc) is 2.37. The van der Waals surface area contributed by atoms with Gasteiger partial charge in [0.25, 0.3) is 0 Å². The maximum Gasteiger partial charge on any atom is 0.338 e. The van der Waals surface area contributed by atoms with Gasteiger partial charge in [-0.2, -0.15) is 0 Å². The fourth-order valence-corrected chi connectivity index (χ4v) is 2.91. The van der Waals surface area contributed by atoms with E-state index in [0.29, 0.717) is 17.9 Å². The molecular formula is C13H18O5S2. The van der Waals surface area contributed by atoms with Gasteiger partial charge in [0.1, 0.15) is 6.61 Å². The van der Waals surface area contributed by atoms with Gasteiger partial charge >= 0.3 is 5.97 Å². The van der Waals surface area contributed by atoms with Crippen LogP contribution < -0.4 is 0 Å². The van der Waals surface area contributed by atoms with Gasteiger partial charge in [-0.25, -0.2) is 13.2 Å². The van der Waals surface area contributed by atoms with Crippen molar-refractivity contribution in [1.82, 2.24) is 0 Å². The molecule has 5 nitrogen and oxygen atoms in total. The van der Waals surface area contributed by atoms with Crippen molar-refractivity contribution in [1.29, 1.82) is 0 Å². The first-order valence-electron chi connectivity index (χ1n) is 6.04. The molecule has 0 heterocycles. The summed E-state index contributed by atoms with van der Waals surface area (Å²) in [6.45, 7) is 2.65. The zero-order valence-electron chi connectivity index (χ0n) is 11.5. The van der Waals surface area contributed by atoms with E-state index in [1.54, 1.807) is 12.1 Å². The summed E-state index contributed by atoms with van der Waals surface area (Å²) in [5, 5.41) is 0. The summed E-state index contributed by atoms with van der Waals surface area (Å²) in [5.41, 5.74) is 1.58. The number of hydrogen-bond donors (Lipinski definition) is 0. The lowest BCUT2D eigenvalue weighted by molar-refractivity contribution is 0.0339. The molecule has 0 aliphatic heterocycles. The molecule has 0 aliphatic carbocycles. The minimum Gasteiger partial charge on any atom is -0.460 e. The van der Waals surface area contributed by atoms with Crippen molar-refractivity contribution in [3.05, 3.63) is 35.4 Å². The van der Waals surface area contributed by atoms with Crippen LogP contribution in [0.25, 0.3) is 0 Å². The Morgan fingerprint density at radius 1 is 1.15 bits per heavy atom. The van der Waals surface area contributed by atoms with E-state index in [1.165, 1.54) is 0 Å². The van der Waals surface area contributed by atoms with Gasteiger partial charge in [0.15, 0.2) is 8.87 Å². The molecule has 0 unspecified atom stereocenters. The second-order valence-electron chi connectivity index (χ2n) is 4.14. The molecule has 0 amide bonds. The lowest BCUT2D eigenvalue weighted by atomic mass is 10.1. The van der Waals surface area contributed by atoms with E-state index in [-0.39, 0.29) is 19.2 Å². The molecule has 1 aromatic carbocycles. The number of rotatable bonds is 8. The molecule has 0 spiro atoms. The number of benzene rings is 1. The van der Waals surface area contributed by atoms with Gasteiger partial charge in [-0.05, 0) is 29.9 Å². The highest BCUT2D eigenvalue weighted by atomic mass is 33.1. The second-order valence-corrected chi connectivity index (χ2v) is 8.72. The van der Waals surface area contributed by atoms with Gasteiger partial charge in [-0.3, -0.25) is 0 Å². The van der Waals surface area contributed by atoms with Crippen LogP contribution in [0.4, 0.5) is 0 Å². The van der Waals surface area contributed by atoms with Crippen LogP contribution in [0.2, 0.25) is 0 Å². The van der Waals surface area contributed by atoms with Crippen LogP contribution in [0.3, 0.4) is 0 Å². The first-order chi connectivity index (χ1) is 9.38. The Labute approximate surface area is 123 Å². The van der Waals surface area contributed by atoms with Crippen LogP contribution in [0.15, 0.2) is 24.3 Å². The van der Waals surface area contributed by atoms with Crippen molar-refractivity contribution in [3.8, 4) is 0 Å². The zero-order valence-corrected chi connectivity index (χ0v) is 13.1. The predicted molar refractivity (Wildman–Crippen MR) is 79.6 cm³/mol. The predicted octanol–water partition coefficient (Wildman–Crippen LogP) is 1.86. The number of hydrogen-bond acceptors (Lipinski definition) is 6. The van der Waals surface area contributed by atoms with Crippen LogP contribution in [-0.2, 0) is 18.3 Å². The molecule has 0 saturated carbocycles. The summed E-state index contributed by atoms with van der Waals surface area (Å²) in [6, 6.07) is 7.10. The van der Waals surface area contributed by atoms with Crippen molar-refractivity contribution in [2.24, 2.45) is 0 Å². The molecule has 0 fully saturated rings. The van der Waals surface area contributed by atoms with Crippen LogP contribution >= 0.6 is 10.8 Å². The van der Waals surface area contributed by atoms with E-state index in [0.717, 1.165) is 22.6 Å². The molecule has 0 aliphatic rings. The minimum atomic E-state index is -3.02. The molecule has 0 N–H and O–H groups in total. The Morgan fingerprint density at radius 3 is 2.40 bits per heavy atom. The summed E-state index contributed by atoms with van der Waals surface area (Å²) in [4.78, 5) is 11.6. The van der Waals surface area contributed by atoms with Gasteiger partial charge in [-0.15, -0.1) is 0 Å². The standard InChI is InChI=1S/C13H18O5S2/c1-11-3-5-12(6-4-11)13(14)18-8-7-17-9-10-19-20(2,15)16/h3-6H,7-10H2,1-2H3. The minimum absolute atomic E-state index is 0.149. The quantitative estimate of drug-likeness (QED) is 0.414. The molecule has 0 bridgehead atoms. The topological polar surface area (TPSA) is 69.7 Å². The third-order valence-corrected chi connectivity index (χ3v) is 4.82. The SMILES string of the molecule is Cc1ccc(C(=O)OCCOCCSS(C)(=O)=O)cc1. The van der Waals surface area contributed by atoms with Crippen LogP contribution in [-0.4, -0.2) is 46.2 Å². The van der Waals surface area contributed by atoms with E-state index >= 15 is 0 Å². The molecule has 0 radical (unpaired) electrons. The summed E-state index contributed by atoms with van der Waals surface area (Å²) < 4.78 is 31.9. The summed E-state index contributed by atoms with van der Waals surface area (Å²) in [7, 11) is -2.18. The molecule has 0 atom stereocenters. The van der Waals surface area contributed by atoms with Gasteiger partial charge < -0.3 is 9.47 Å². The lowest BCUT2D eigenvalue weighted by Crippen LogP contribution is -2.12. The normalized spacial score (nSPS) is 11.3. The second kappa shape index (κ2) is 8.28. The van der Waals surface area contributed by atoms with Gasteiger partial charge in [0.2, 0.25) is 0 Å². The first kappa shape index (κ1) is 17.0. The van der Waals surface area contributed by atoms with Crippen LogP contribution in [0.5, 0.6) is 0 Å². The van der Waals surface area contributed by atoms with Crippen LogP contribution in [0, 0.1) is 6.92 Å². The Kier molecular flexibility index (Phi) is 7.04.